The maximum absolute atomic E-state index is 13.4. The van der Waals surface area contributed by atoms with Crippen molar-refractivity contribution < 1.29 is 14.3 Å². The molecular weight excluding hydrogens is 456 g/mol. The van der Waals surface area contributed by atoms with Crippen molar-refractivity contribution in [3.8, 4) is 5.75 Å². The number of nitrogens with zero attached hydrogens (tertiary/aromatic N) is 1. The maximum atomic E-state index is 13.4. The number of amides is 2. The summed E-state index contributed by atoms with van der Waals surface area (Å²) in [4.78, 5) is 27.6. The van der Waals surface area contributed by atoms with Gasteiger partial charge in [-0.15, -0.1) is 0 Å². The van der Waals surface area contributed by atoms with Gasteiger partial charge in [0.1, 0.15) is 11.3 Å². The van der Waals surface area contributed by atoms with Crippen molar-refractivity contribution in [1.82, 2.24) is 5.32 Å². The van der Waals surface area contributed by atoms with Crippen LogP contribution in [0.4, 0.5) is 5.69 Å². The molecule has 3 rings (SSSR count). The van der Waals surface area contributed by atoms with E-state index in [9.17, 15) is 9.59 Å². The van der Waals surface area contributed by atoms with E-state index in [4.69, 9.17) is 28.6 Å². The Morgan fingerprint density at radius 1 is 1.00 bits per heavy atom. The lowest BCUT2D eigenvalue weighted by Crippen LogP contribution is -2.54. The predicted octanol–water partition coefficient (Wildman–Crippen LogP) is 5.77. The Morgan fingerprint density at radius 3 is 2.12 bits per heavy atom. The number of benzene rings is 2. The Morgan fingerprint density at radius 2 is 1.61 bits per heavy atom. The standard InChI is InChI=1S/C26H29ClN2O3S/c1-25(2,3)16-12-15(21(32-7)20(14-16)26(4,5)6)13-19-22(30)28-24(33)29(23(19)31)18-10-8-17(27)9-11-18/h8-14H,1-7H3,(H,28,30,33)/b19-13-. The Balaban J connectivity index is 2.21. The van der Waals surface area contributed by atoms with Crippen LogP contribution < -0.4 is 15.0 Å². The second-order valence-corrected chi connectivity index (χ2v) is 10.9. The molecule has 1 N–H and O–H groups in total. The predicted molar refractivity (Wildman–Crippen MR) is 138 cm³/mol. The van der Waals surface area contributed by atoms with Gasteiger partial charge in [-0.05, 0) is 65.0 Å². The van der Waals surface area contributed by atoms with Gasteiger partial charge in [-0.3, -0.25) is 19.8 Å². The Hall–Kier alpha value is -2.70. The molecule has 33 heavy (non-hydrogen) atoms. The zero-order valence-corrected chi connectivity index (χ0v) is 21.6. The van der Waals surface area contributed by atoms with Gasteiger partial charge in [0, 0.05) is 16.1 Å². The number of ether oxygens (including phenoxy) is 1. The van der Waals surface area contributed by atoms with Gasteiger partial charge in [-0.1, -0.05) is 59.2 Å². The fourth-order valence-electron chi connectivity index (χ4n) is 3.61. The summed E-state index contributed by atoms with van der Waals surface area (Å²) in [6.07, 6.45) is 1.59. The number of halogens is 1. The number of rotatable bonds is 3. The van der Waals surface area contributed by atoms with E-state index >= 15 is 0 Å². The van der Waals surface area contributed by atoms with Gasteiger partial charge in [0.15, 0.2) is 5.11 Å². The first-order valence-corrected chi connectivity index (χ1v) is 11.4. The molecule has 2 amide bonds. The summed E-state index contributed by atoms with van der Waals surface area (Å²) in [6.45, 7) is 12.7. The van der Waals surface area contributed by atoms with Crippen molar-refractivity contribution in [3.05, 3.63) is 63.7 Å². The van der Waals surface area contributed by atoms with Gasteiger partial charge < -0.3 is 4.74 Å². The Labute approximate surface area is 205 Å². The first-order valence-electron chi connectivity index (χ1n) is 10.6. The van der Waals surface area contributed by atoms with E-state index in [-0.39, 0.29) is 21.5 Å². The maximum Gasteiger partial charge on any atom is 0.270 e. The number of methoxy groups -OCH3 is 1. The van der Waals surface area contributed by atoms with Crippen LogP contribution in [0.1, 0.15) is 58.2 Å². The lowest BCUT2D eigenvalue weighted by atomic mass is 9.78. The van der Waals surface area contributed by atoms with Crippen molar-refractivity contribution >= 4 is 52.5 Å². The van der Waals surface area contributed by atoms with E-state index in [1.807, 2.05) is 6.07 Å². The van der Waals surface area contributed by atoms with Crippen LogP contribution in [-0.4, -0.2) is 24.0 Å². The summed E-state index contributed by atoms with van der Waals surface area (Å²) in [5.41, 5.74) is 2.88. The van der Waals surface area contributed by atoms with Crippen molar-refractivity contribution in [3.63, 3.8) is 0 Å². The van der Waals surface area contributed by atoms with Gasteiger partial charge in [-0.25, -0.2) is 0 Å². The molecule has 0 atom stereocenters. The molecule has 2 aromatic carbocycles. The van der Waals surface area contributed by atoms with Crippen LogP contribution in [0.3, 0.4) is 0 Å². The van der Waals surface area contributed by atoms with Gasteiger partial charge in [0.2, 0.25) is 0 Å². The lowest BCUT2D eigenvalue weighted by Gasteiger charge is -2.30. The van der Waals surface area contributed by atoms with Gasteiger partial charge in [-0.2, -0.15) is 0 Å². The number of hydrogen-bond acceptors (Lipinski definition) is 4. The highest BCUT2D eigenvalue weighted by molar-refractivity contribution is 7.80. The van der Waals surface area contributed by atoms with Crippen molar-refractivity contribution in [1.29, 1.82) is 0 Å². The van der Waals surface area contributed by atoms with E-state index in [1.54, 1.807) is 37.5 Å². The van der Waals surface area contributed by atoms with Crippen LogP contribution in [0.25, 0.3) is 6.08 Å². The summed E-state index contributed by atoms with van der Waals surface area (Å²) in [7, 11) is 1.60. The smallest absolute Gasteiger partial charge is 0.270 e. The van der Waals surface area contributed by atoms with Crippen LogP contribution in [0, 0.1) is 0 Å². The first kappa shape index (κ1) is 24.9. The van der Waals surface area contributed by atoms with E-state index < -0.39 is 11.8 Å². The van der Waals surface area contributed by atoms with E-state index in [2.05, 4.69) is 52.9 Å². The Kier molecular flexibility index (Phi) is 6.74. The molecule has 1 aliphatic rings. The topological polar surface area (TPSA) is 58.6 Å². The highest BCUT2D eigenvalue weighted by Crippen LogP contribution is 2.39. The minimum Gasteiger partial charge on any atom is -0.496 e. The molecule has 0 saturated carbocycles. The molecule has 0 spiro atoms. The number of carbonyl (C=O) groups excluding carboxylic acids is 2. The number of hydrogen-bond donors (Lipinski definition) is 1. The van der Waals surface area contributed by atoms with Crippen molar-refractivity contribution in [2.24, 2.45) is 0 Å². The van der Waals surface area contributed by atoms with Crippen LogP contribution in [0.2, 0.25) is 5.02 Å². The first-order chi connectivity index (χ1) is 15.2. The molecule has 1 fully saturated rings. The highest BCUT2D eigenvalue weighted by Gasteiger charge is 2.35. The molecule has 1 aliphatic heterocycles. The fraction of sp³-hybridized carbons (Fsp3) is 0.346. The number of nitrogens with one attached hydrogen (secondary N) is 1. The molecule has 0 aromatic heterocycles. The average molecular weight is 485 g/mol. The quantitative estimate of drug-likeness (QED) is 0.341. The Bertz CT molecular complexity index is 1160. The van der Waals surface area contributed by atoms with Crippen LogP contribution in [-0.2, 0) is 20.4 Å². The molecule has 0 unspecified atom stereocenters. The molecule has 2 aromatic rings. The molecular formula is C26H29ClN2O3S. The molecule has 0 bridgehead atoms. The van der Waals surface area contributed by atoms with E-state index in [0.717, 1.165) is 11.1 Å². The molecule has 5 nitrogen and oxygen atoms in total. The zero-order chi connectivity index (χ0) is 24.7. The van der Waals surface area contributed by atoms with E-state index in [1.165, 1.54) is 4.90 Å². The second kappa shape index (κ2) is 8.92. The van der Waals surface area contributed by atoms with E-state index in [0.29, 0.717) is 22.0 Å². The van der Waals surface area contributed by atoms with Crippen LogP contribution in [0.5, 0.6) is 5.75 Å². The largest absolute Gasteiger partial charge is 0.496 e. The third-order valence-corrected chi connectivity index (χ3v) is 6.02. The summed E-state index contributed by atoms with van der Waals surface area (Å²) >= 11 is 11.3. The summed E-state index contributed by atoms with van der Waals surface area (Å²) in [5, 5.41) is 3.18. The molecule has 1 heterocycles. The van der Waals surface area contributed by atoms with Gasteiger partial charge in [0.25, 0.3) is 11.8 Å². The SMILES string of the molecule is COc1c(/C=C2/C(=O)NC(=S)N(c3ccc(Cl)cc3)C2=O)cc(C(C)(C)C)cc1C(C)(C)C. The average Bonchev–Trinajstić information content (AvgIpc) is 2.70. The summed E-state index contributed by atoms with van der Waals surface area (Å²) in [5.74, 6) is -0.419. The van der Waals surface area contributed by atoms with Crippen LogP contribution in [0.15, 0.2) is 42.0 Å². The van der Waals surface area contributed by atoms with Gasteiger partial charge >= 0.3 is 0 Å². The fourth-order valence-corrected chi connectivity index (χ4v) is 4.02. The van der Waals surface area contributed by atoms with Gasteiger partial charge in [0.05, 0.1) is 12.8 Å². The molecule has 1 saturated heterocycles. The zero-order valence-electron chi connectivity index (χ0n) is 20.0. The third-order valence-electron chi connectivity index (χ3n) is 5.48. The number of thiocarbonyl (C=S) groups is 1. The normalized spacial score (nSPS) is 16.3. The van der Waals surface area contributed by atoms with Crippen molar-refractivity contribution in [2.45, 2.75) is 52.4 Å². The molecule has 0 radical (unpaired) electrons. The number of anilines is 1. The molecule has 174 valence electrons. The van der Waals surface area contributed by atoms with Crippen molar-refractivity contribution in [2.75, 3.05) is 12.0 Å². The van der Waals surface area contributed by atoms with Crippen LogP contribution >= 0.6 is 23.8 Å². The number of carbonyl (C=O) groups is 2. The minimum absolute atomic E-state index is 0.0234. The lowest BCUT2D eigenvalue weighted by molar-refractivity contribution is -0.122. The second-order valence-electron chi connectivity index (χ2n) is 10.1. The molecule has 7 heteroatoms. The monoisotopic (exact) mass is 484 g/mol. The molecule has 0 aliphatic carbocycles. The third kappa shape index (κ3) is 5.12. The minimum atomic E-state index is -0.546. The summed E-state index contributed by atoms with van der Waals surface area (Å²) < 4.78 is 5.79. The highest BCUT2D eigenvalue weighted by atomic mass is 35.5. The summed E-state index contributed by atoms with van der Waals surface area (Å²) in [6, 6.07) is 10.8.